The van der Waals surface area contributed by atoms with Gasteiger partial charge in [0.1, 0.15) is 16.3 Å². The molecule has 0 radical (unpaired) electrons. The number of allylic oxidation sites excluding steroid dienone is 1. The molecule has 1 aliphatic heterocycles. The Bertz CT molecular complexity index is 1270. The van der Waals surface area contributed by atoms with Gasteiger partial charge in [-0.05, 0) is 43.7 Å². The summed E-state index contributed by atoms with van der Waals surface area (Å²) in [4.78, 5) is 31.1. The van der Waals surface area contributed by atoms with Crippen molar-refractivity contribution in [2.75, 3.05) is 6.61 Å². The number of halogens is 1. The summed E-state index contributed by atoms with van der Waals surface area (Å²) in [6.45, 7) is 3.74. The van der Waals surface area contributed by atoms with E-state index in [0.29, 0.717) is 26.4 Å². The Labute approximate surface area is 178 Å². The van der Waals surface area contributed by atoms with E-state index in [1.807, 2.05) is 24.3 Å². The van der Waals surface area contributed by atoms with Crippen LogP contribution in [0.4, 0.5) is 0 Å². The zero-order chi connectivity index (χ0) is 20.5. The predicted octanol–water partition coefficient (Wildman–Crippen LogP) is 3.26. The standard InChI is InChI=1S/C21H17BrN2O4S/c1-3-27-20(26)17-12(2)24-19(25)16(11-15-5-4-10-28-15)29-21(24)23-18(17)13-6-8-14(22)9-7-13/h4-11,18H,3H2,1-2H3/b16-11+/t18-/m1/s1. The van der Waals surface area contributed by atoms with Gasteiger partial charge in [-0.3, -0.25) is 9.36 Å². The minimum Gasteiger partial charge on any atom is -0.465 e. The highest BCUT2D eigenvalue weighted by Gasteiger charge is 2.31. The number of carbonyl (C=O) groups excluding carboxylic acids is 1. The third-order valence-corrected chi connectivity index (χ3v) is 6.05. The fourth-order valence-electron chi connectivity index (χ4n) is 3.21. The van der Waals surface area contributed by atoms with Gasteiger partial charge in [-0.15, -0.1) is 0 Å². The van der Waals surface area contributed by atoms with E-state index < -0.39 is 12.0 Å². The van der Waals surface area contributed by atoms with E-state index in [0.717, 1.165) is 10.0 Å². The number of rotatable bonds is 4. The average Bonchev–Trinajstić information content (AvgIpc) is 3.31. The maximum Gasteiger partial charge on any atom is 0.338 e. The van der Waals surface area contributed by atoms with Crippen molar-refractivity contribution in [2.45, 2.75) is 19.9 Å². The first kappa shape index (κ1) is 19.6. The Morgan fingerprint density at radius 2 is 2.10 bits per heavy atom. The van der Waals surface area contributed by atoms with E-state index in [1.54, 1.807) is 38.3 Å². The van der Waals surface area contributed by atoms with E-state index in [-0.39, 0.29) is 12.2 Å². The molecule has 4 rings (SSSR count). The Morgan fingerprint density at radius 1 is 1.34 bits per heavy atom. The SMILES string of the molecule is CCOC(=O)C1=C(C)n2c(s/c(=C/c3ccco3)c2=O)=N[C@@H]1c1ccc(Br)cc1. The second kappa shape index (κ2) is 7.96. The van der Waals surface area contributed by atoms with E-state index in [1.165, 1.54) is 15.9 Å². The largest absolute Gasteiger partial charge is 0.465 e. The van der Waals surface area contributed by atoms with Crippen LogP contribution in [0.3, 0.4) is 0 Å². The van der Waals surface area contributed by atoms with Crippen LogP contribution in [0.25, 0.3) is 11.8 Å². The number of furan rings is 1. The average molecular weight is 473 g/mol. The molecule has 3 heterocycles. The van der Waals surface area contributed by atoms with Crippen molar-refractivity contribution in [1.29, 1.82) is 0 Å². The molecular weight excluding hydrogens is 456 g/mol. The minimum atomic E-state index is -0.545. The molecule has 148 valence electrons. The number of ether oxygens (including phenoxy) is 1. The number of carbonyl (C=O) groups is 1. The Morgan fingerprint density at radius 3 is 2.76 bits per heavy atom. The van der Waals surface area contributed by atoms with Gasteiger partial charge in [0.25, 0.3) is 5.56 Å². The predicted molar refractivity (Wildman–Crippen MR) is 114 cm³/mol. The monoisotopic (exact) mass is 472 g/mol. The summed E-state index contributed by atoms with van der Waals surface area (Å²) in [6, 6.07) is 10.6. The van der Waals surface area contributed by atoms with E-state index >= 15 is 0 Å². The van der Waals surface area contributed by atoms with Crippen LogP contribution >= 0.6 is 27.3 Å². The molecule has 0 amide bonds. The number of hydrogen-bond acceptors (Lipinski definition) is 6. The second-order valence-corrected chi connectivity index (χ2v) is 8.28. The summed E-state index contributed by atoms with van der Waals surface area (Å²) in [5.74, 6) is 0.111. The number of fused-ring (bicyclic) bond motifs is 1. The van der Waals surface area contributed by atoms with Gasteiger partial charge in [0.15, 0.2) is 4.80 Å². The third-order valence-electron chi connectivity index (χ3n) is 4.54. The van der Waals surface area contributed by atoms with Crippen LogP contribution in [0, 0.1) is 0 Å². The topological polar surface area (TPSA) is 73.8 Å². The lowest BCUT2D eigenvalue weighted by Gasteiger charge is -2.22. The van der Waals surface area contributed by atoms with Crippen LogP contribution in [0.1, 0.15) is 31.2 Å². The highest BCUT2D eigenvalue weighted by atomic mass is 79.9. The Kier molecular flexibility index (Phi) is 5.38. The molecule has 0 N–H and O–H groups in total. The van der Waals surface area contributed by atoms with Gasteiger partial charge in [-0.1, -0.05) is 39.4 Å². The normalized spacial score (nSPS) is 16.5. The number of benzene rings is 1. The minimum absolute atomic E-state index is 0.237. The molecule has 3 aromatic rings. The molecule has 6 nitrogen and oxygen atoms in total. The van der Waals surface area contributed by atoms with Gasteiger partial charge >= 0.3 is 5.97 Å². The fraction of sp³-hybridized carbons (Fsp3) is 0.190. The maximum absolute atomic E-state index is 13.0. The lowest BCUT2D eigenvalue weighted by Crippen LogP contribution is -2.35. The summed E-state index contributed by atoms with van der Waals surface area (Å²) in [6.07, 6.45) is 3.23. The Hall–Kier alpha value is -2.71. The van der Waals surface area contributed by atoms with Crippen molar-refractivity contribution in [1.82, 2.24) is 4.57 Å². The zero-order valence-electron chi connectivity index (χ0n) is 15.7. The van der Waals surface area contributed by atoms with Crippen molar-refractivity contribution >= 4 is 45.0 Å². The lowest BCUT2D eigenvalue weighted by molar-refractivity contribution is -0.138. The van der Waals surface area contributed by atoms with Crippen LogP contribution in [0.2, 0.25) is 0 Å². The Balaban J connectivity index is 1.96. The van der Waals surface area contributed by atoms with Crippen LogP contribution in [-0.4, -0.2) is 17.1 Å². The summed E-state index contributed by atoms with van der Waals surface area (Å²) < 4.78 is 13.5. The van der Waals surface area contributed by atoms with Crippen LogP contribution < -0.4 is 14.9 Å². The van der Waals surface area contributed by atoms with Gasteiger partial charge in [0.2, 0.25) is 0 Å². The number of thiazole rings is 1. The quantitative estimate of drug-likeness (QED) is 0.546. The molecule has 29 heavy (non-hydrogen) atoms. The third kappa shape index (κ3) is 3.65. The molecule has 0 saturated heterocycles. The van der Waals surface area contributed by atoms with Gasteiger partial charge in [-0.25, -0.2) is 9.79 Å². The molecule has 0 unspecified atom stereocenters. The summed E-state index contributed by atoms with van der Waals surface area (Å²) >= 11 is 4.69. The summed E-state index contributed by atoms with van der Waals surface area (Å²) in [5.41, 5.74) is 1.51. The van der Waals surface area contributed by atoms with E-state index in [2.05, 4.69) is 15.9 Å². The van der Waals surface area contributed by atoms with Crippen LogP contribution in [0.5, 0.6) is 0 Å². The number of aromatic nitrogens is 1. The lowest BCUT2D eigenvalue weighted by atomic mass is 9.97. The van der Waals surface area contributed by atoms with Crippen molar-refractivity contribution in [3.63, 3.8) is 0 Å². The zero-order valence-corrected chi connectivity index (χ0v) is 18.1. The van der Waals surface area contributed by atoms with Gasteiger partial charge in [-0.2, -0.15) is 0 Å². The molecule has 0 saturated carbocycles. The van der Waals surface area contributed by atoms with Gasteiger partial charge in [0.05, 0.1) is 18.4 Å². The molecule has 1 aromatic carbocycles. The molecule has 1 atom stereocenters. The van der Waals surface area contributed by atoms with E-state index in [4.69, 9.17) is 14.1 Å². The fourth-order valence-corrected chi connectivity index (χ4v) is 4.49. The molecule has 0 bridgehead atoms. The number of nitrogens with zero attached hydrogens (tertiary/aromatic N) is 2. The molecule has 8 heteroatoms. The summed E-state index contributed by atoms with van der Waals surface area (Å²) in [7, 11) is 0. The first-order valence-corrected chi connectivity index (χ1v) is 10.6. The van der Waals surface area contributed by atoms with E-state index in [9.17, 15) is 9.59 Å². The highest BCUT2D eigenvalue weighted by Crippen LogP contribution is 2.32. The van der Waals surface area contributed by atoms with Crippen molar-refractivity contribution in [3.05, 3.63) is 83.7 Å². The number of hydrogen-bond donors (Lipinski definition) is 0. The van der Waals surface area contributed by atoms with Gasteiger partial charge in [0, 0.05) is 16.2 Å². The molecular formula is C21H17BrN2O4S. The number of esters is 1. The van der Waals surface area contributed by atoms with Crippen LogP contribution in [-0.2, 0) is 9.53 Å². The maximum atomic E-state index is 13.0. The molecule has 0 aliphatic carbocycles. The second-order valence-electron chi connectivity index (χ2n) is 6.35. The molecule has 0 fully saturated rings. The van der Waals surface area contributed by atoms with Crippen molar-refractivity contribution in [3.8, 4) is 0 Å². The first-order chi connectivity index (χ1) is 14.0. The van der Waals surface area contributed by atoms with Gasteiger partial charge < -0.3 is 9.15 Å². The molecule has 1 aliphatic rings. The van der Waals surface area contributed by atoms with Crippen LogP contribution in [0.15, 0.2) is 66.9 Å². The van der Waals surface area contributed by atoms with Crippen molar-refractivity contribution < 1.29 is 13.9 Å². The molecule has 0 spiro atoms. The summed E-state index contributed by atoms with van der Waals surface area (Å²) in [5, 5.41) is 0. The highest BCUT2D eigenvalue weighted by molar-refractivity contribution is 9.10. The smallest absolute Gasteiger partial charge is 0.338 e. The first-order valence-electron chi connectivity index (χ1n) is 8.98. The molecule has 2 aromatic heterocycles. The van der Waals surface area contributed by atoms with Crippen molar-refractivity contribution in [2.24, 2.45) is 4.99 Å².